The molecule has 0 saturated carbocycles. The smallest absolute Gasteiger partial charge is 0.257 e. The maximum Gasteiger partial charge on any atom is 0.257 e. The Balaban J connectivity index is 1.76. The first-order chi connectivity index (χ1) is 9.33. The van der Waals surface area contributed by atoms with Crippen LogP contribution in [0.25, 0.3) is 9.88 Å². The standard InChI is InChI=1S/C13H9N3OS2/c17-11(9-5-2-1-3-6-9)14-13-16-15-12(19-13)10-7-4-8-18-10/h1-8H,(H,14,16,17). The van der Waals surface area contributed by atoms with Gasteiger partial charge in [0.25, 0.3) is 5.91 Å². The van der Waals surface area contributed by atoms with Crippen LogP contribution in [0, 0.1) is 0 Å². The monoisotopic (exact) mass is 287 g/mol. The predicted molar refractivity (Wildman–Crippen MR) is 77.6 cm³/mol. The molecule has 0 fully saturated rings. The van der Waals surface area contributed by atoms with Gasteiger partial charge < -0.3 is 0 Å². The fourth-order valence-electron chi connectivity index (χ4n) is 1.53. The van der Waals surface area contributed by atoms with Crippen LogP contribution in [0.1, 0.15) is 10.4 Å². The van der Waals surface area contributed by atoms with Crippen LogP contribution in [0.2, 0.25) is 0 Å². The molecule has 1 amide bonds. The number of thiophene rings is 1. The fraction of sp³-hybridized carbons (Fsp3) is 0. The Morgan fingerprint density at radius 3 is 2.63 bits per heavy atom. The van der Waals surface area contributed by atoms with Gasteiger partial charge in [-0.2, -0.15) is 0 Å². The average Bonchev–Trinajstić information content (AvgIpc) is 3.10. The summed E-state index contributed by atoms with van der Waals surface area (Å²) >= 11 is 2.97. The van der Waals surface area contributed by atoms with Gasteiger partial charge in [-0.1, -0.05) is 35.6 Å². The van der Waals surface area contributed by atoms with E-state index in [4.69, 9.17) is 0 Å². The van der Waals surface area contributed by atoms with Crippen LogP contribution in [0.3, 0.4) is 0 Å². The number of nitrogens with one attached hydrogen (secondary N) is 1. The quantitative estimate of drug-likeness (QED) is 0.802. The SMILES string of the molecule is O=C(Nc1nnc(-c2cccs2)s1)c1ccccc1. The highest BCUT2D eigenvalue weighted by Gasteiger charge is 2.11. The third-order valence-corrected chi connectivity index (χ3v) is 4.29. The largest absolute Gasteiger partial charge is 0.296 e. The van der Waals surface area contributed by atoms with Crippen LogP contribution in [0.15, 0.2) is 47.8 Å². The number of benzene rings is 1. The van der Waals surface area contributed by atoms with Crippen LogP contribution >= 0.6 is 22.7 Å². The number of rotatable bonds is 3. The molecule has 0 unspecified atom stereocenters. The summed E-state index contributed by atoms with van der Waals surface area (Å²) in [5.74, 6) is -0.172. The molecular formula is C13H9N3OS2. The Morgan fingerprint density at radius 2 is 1.89 bits per heavy atom. The Labute approximate surface area is 117 Å². The molecule has 0 atom stereocenters. The van der Waals surface area contributed by atoms with E-state index in [1.807, 2.05) is 35.7 Å². The van der Waals surface area contributed by atoms with Gasteiger partial charge in [0, 0.05) is 5.56 Å². The molecule has 2 heterocycles. The summed E-state index contributed by atoms with van der Waals surface area (Å²) in [7, 11) is 0. The number of aromatic nitrogens is 2. The van der Waals surface area contributed by atoms with Gasteiger partial charge in [0.2, 0.25) is 5.13 Å². The number of nitrogens with zero attached hydrogens (tertiary/aromatic N) is 2. The van der Waals surface area contributed by atoms with Gasteiger partial charge in [0.05, 0.1) is 4.88 Å². The number of carbonyl (C=O) groups is 1. The maximum absolute atomic E-state index is 11.9. The summed E-state index contributed by atoms with van der Waals surface area (Å²) in [6.07, 6.45) is 0. The van der Waals surface area contributed by atoms with E-state index in [1.54, 1.807) is 23.5 Å². The molecule has 94 valence electrons. The zero-order chi connectivity index (χ0) is 13.1. The van der Waals surface area contributed by atoms with E-state index in [1.165, 1.54) is 11.3 Å². The van der Waals surface area contributed by atoms with Crippen molar-refractivity contribution in [1.82, 2.24) is 10.2 Å². The summed E-state index contributed by atoms with van der Waals surface area (Å²) in [5.41, 5.74) is 0.607. The van der Waals surface area contributed by atoms with Crippen molar-refractivity contribution < 1.29 is 4.79 Å². The van der Waals surface area contributed by atoms with Crippen LogP contribution in [0.4, 0.5) is 5.13 Å². The molecule has 0 aliphatic carbocycles. The first-order valence-corrected chi connectivity index (χ1v) is 7.26. The minimum absolute atomic E-state index is 0.172. The number of anilines is 1. The minimum Gasteiger partial charge on any atom is -0.296 e. The molecule has 0 radical (unpaired) electrons. The zero-order valence-electron chi connectivity index (χ0n) is 9.74. The lowest BCUT2D eigenvalue weighted by atomic mass is 10.2. The first kappa shape index (κ1) is 12.0. The summed E-state index contributed by atoms with van der Waals surface area (Å²) < 4.78 is 0. The number of amides is 1. The van der Waals surface area contributed by atoms with E-state index >= 15 is 0 Å². The van der Waals surface area contributed by atoms with E-state index in [0.717, 1.165) is 9.88 Å². The van der Waals surface area contributed by atoms with Crippen molar-refractivity contribution in [3.63, 3.8) is 0 Å². The van der Waals surface area contributed by atoms with Gasteiger partial charge in [-0.3, -0.25) is 10.1 Å². The maximum atomic E-state index is 11.9. The molecule has 3 aromatic rings. The molecule has 0 saturated heterocycles. The topological polar surface area (TPSA) is 54.9 Å². The Morgan fingerprint density at radius 1 is 1.05 bits per heavy atom. The van der Waals surface area contributed by atoms with E-state index in [9.17, 15) is 4.79 Å². The Kier molecular flexibility index (Phi) is 3.35. The molecule has 0 aliphatic rings. The van der Waals surface area contributed by atoms with Crippen molar-refractivity contribution in [2.45, 2.75) is 0 Å². The van der Waals surface area contributed by atoms with Gasteiger partial charge in [-0.05, 0) is 23.6 Å². The summed E-state index contributed by atoms with van der Waals surface area (Å²) in [6, 6.07) is 13.0. The highest BCUT2D eigenvalue weighted by Crippen LogP contribution is 2.29. The molecule has 2 aromatic heterocycles. The first-order valence-electron chi connectivity index (χ1n) is 5.57. The summed E-state index contributed by atoms with van der Waals surface area (Å²) in [4.78, 5) is 13.0. The minimum atomic E-state index is -0.172. The van der Waals surface area contributed by atoms with E-state index < -0.39 is 0 Å². The molecule has 0 spiro atoms. The van der Waals surface area contributed by atoms with Gasteiger partial charge in [-0.25, -0.2) is 0 Å². The van der Waals surface area contributed by atoms with Crippen molar-refractivity contribution in [2.24, 2.45) is 0 Å². The molecule has 1 aromatic carbocycles. The van der Waals surface area contributed by atoms with Crippen molar-refractivity contribution in [1.29, 1.82) is 0 Å². The van der Waals surface area contributed by atoms with Crippen LogP contribution < -0.4 is 5.32 Å². The third kappa shape index (κ3) is 2.69. The fourth-order valence-corrected chi connectivity index (χ4v) is 3.06. The molecule has 6 heteroatoms. The average molecular weight is 287 g/mol. The molecule has 4 nitrogen and oxygen atoms in total. The number of hydrogen-bond acceptors (Lipinski definition) is 5. The van der Waals surface area contributed by atoms with Crippen molar-refractivity contribution in [3.8, 4) is 9.88 Å². The van der Waals surface area contributed by atoms with Gasteiger partial charge in [-0.15, -0.1) is 21.5 Å². The third-order valence-electron chi connectivity index (χ3n) is 2.41. The van der Waals surface area contributed by atoms with Crippen LogP contribution in [0.5, 0.6) is 0 Å². The number of hydrogen-bond donors (Lipinski definition) is 1. The summed E-state index contributed by atoms with van der Waals surface area (Å²) in [6.45, 7) is 0. The molecule has 0 aliphatic heterocycles. The molecule has 1 N–H and O–H groups in total. The van der Waals surface area contributed by atoms with Crippen LogP contribution in [-0.4, -0.2) is 16.1 Å². The Hall–Kier alpha value is -2.05. The van der Waals surface area contributed by atoms with Crippen molar-refractivity contribution >= 4 is 33.7 Å². The Bertz CT molecular complexity index is 677. The lowest BCUT2D eigenvalue weighted by Crippen LogP contribution is -2.11. The normalized spacial score (nSPS) is 10.3. The van der Waals surface area contributed by atoms with E-state index in [2.05, 4.69) is 15.5 Å². The zero-order valence-corrected chi connectivity index (χ0v) is 11.4. The molecule has 0 bridgehead atoms. The lowest BCUT2D eigenvalue weighted by molar-refractivity contribution is 0.102. The second kappa shape index (κ2) is 5.29. The molecular weight excluding hydrogens is 278 g/mol. The predicted octanol–water partition coefficient (Wildman–Crippen LogP) is 3.52. The van der Waals surface area contributed by atoms with Crippen molar-refractivity contribution in [3.05, 3.63) is 53.4 Å². The lowest BCUT2D eigenvalue weighted by Gasteiger charge is -1.99. The van der Waals surface area contributed by atoms with Crippen molar-refractivity contribution in [2.75, 3.05) is 5.32 Å². The van der Waals surface area contributed by atoms with Gasteiger partial charge >= 0.3 is 0 Å². The van der Waals surface area contributed by atoms with E-state index in [0.29, 0.717) is 10.7 Å². The second-order valence-corrected chi connectivity index (χ2v) is 5.64. The number of carbonyl (C=O) groups excluding carboxylic acids is 1. The van der Waals surface area contributed by atoms with Crippen LogP contribution in [-0.2, 0) is 0 Å². The highest BCUT2D eigenvalue weighted by molar-refractivity contribution is 7.23. The second-order valence-electron chi connectivity index (χ2n) is 3.71. The highest BCUT2D eigenvalue weighted by atomic mass is 32.1. The van der Waals surface area contributed by atoms with E-state index in [-0.39, 0.29) is 5.91 Å². The van der Waals surface area contributed by atoms with Gasteiger partial charge in [0.1, 0.15) is 0 Å². The molecule has 3 rings (SSSR count). The molecule has 19 heavy (non-hydrogen) atoms. The van der Waals surface area contributed by atoms with Gasteiger partial charge in [0.15, 0.2) is 5.01 Å². The summed E-state index contributed by atoms with van der Waals surface area (Å²) in [5, 5.41) is 14.1.